The summed E-state index contributed by atoms with van der Waals surface area (Å²) < 4.78 is 6.52. The molecule has 2 atom stereocenters. The Morgan fingerprint density at radius 2 is 2.25 bits per heavy atom. The topological polar surface area (TPSA) is 64.9 Å². The molecule has 0 bridgehead atoms. The summed E-state index contributed by atoms with van der Waals surface area (Å²) in [5, 5.41) is 4.12. The summed E-state index contributed by atoms with van der Waals surface area (Å²) in [6.45, 7) is 2.13. The van der Waals surface area contributed by atoms with Crippen LogP contribution in [0.2, 0.25) is 0 Å². The zero-order chi connectivity index (χ0) is 14.2. The Morgan fingerprint density at radius 3 is 3.00 bits per heavy atom. The van der Waals surface area contributed by atoms with E-state index in [1.54, 1.807) is 0 Å². The number of halogens is 1. The molecule has 0 spiro atoms. The fourth-order valence-electron chi connectivity index (χ4n) is 2.83. The summed E-state index contributed by atoms with van der Waals surface area (Å²) >= 11 is 3.46. The van der Waals surface area contributed by atoms with Crippen molar-refractivity contribution >= 4 is 15.9 Å². The lowest BCUT2D eigenvalue weighted by Gasteiger charge is -2.35. The molecule has 1 aliphatic rings. The number of hydrogen-bond acceptors (Lipinski definition) is 4. The van der Waals surface area contributed by atoms with E-state index in [9.17, 15) is 0 Å². The molecule has 1 aromatic heterocycles. The molecule has 0 saturated heterocycles. The predicted molar refractivity (Wildman–Crippen MR) is 81.2 cm³/mol. The first-order chi connectivity index (χ1) is 9.59. The molecule has 1 aliphatic carbocycles. The third-order valence-electron chi connectivity index (χ3n) is 4.28. The van der Waals surface area contributed by atoms with Crippen molar-refractivity contribution in [1.82, 2.24) is 10.1 Å². The smallest absolute Gasteiger partial charge is 0.234 e. The molecule has 3 rings (SSSR count). The summed E-state index contributed by atoms with van der Waals surface area (Å²) in [7, 11) is 0. The van der Waals surface area contributed by atoms with Crippen molar-refractivity contribution < 1.29 is 4.52 Å². The van der Waals surface area contributed by atoms with E-state index in [1.165, 1.54) is 12.8 Å². The van der Waals surface area contributed by atoms with Gasteiger partial charge in [0.2, 0.25) is 11.7 Å². The van der Waals surface area contributed by atoms with Crippen molar-refractivity contribution in [3.05, 3.63) is 34.6 Å². The molecular weight excluding hydrogens is 318 g/mol. The van der Waals surface area contributed by atoms with Gasteiger partial charge in [0, 0.05) is 16.1 Å². The summed E-state index contributed by atoms with van der Waals surface area (Å²) in [5.74, 6) is 1.29. The quantitative estimate of drug-likeness (QED) is 0.909. The molecule has 2 aromatic rings. The van der Waals surface area contributed by atoms with Crippen molar-refractivity contribution in [2.45, 2.75) is 44.1 Å². The molecule has 0 aliphatic heterocycles. The van der Waals surface area contributed by atoms with Gasteiger partial charge in [-0.05, 0) is 31.9 Å². The number of nitrogens with zero attached hydrogens (tertiary/aromatic N) is 2. The molecule has 2 N–H and O–H groups in total. The van der Waals surface area contributed by atoms with Crippen LogP contribution in [0, 0.1) is 0 Å². The second-order valence-corrected chi connectivity index (χ2v) is 6.62. The van der Waals surface area contributed by atoms with Gasteiger partial charge in [0.25, 0.3) is 0 Å². The van der Waals surface area contributed by atoms with Crippen LogP contribution in [0.4, 0.5) is 0 Å². The minimum absolute atomic E-state index is 0.0899. The summed E-state index contributed by atoms with van der Waals surface area (Å²) in [4.78, 5) is 4.59. The Hall–Kier alpha value is -1.20. The molecular formula is C15H18BrN3O. The number of benzene rings is 1. The Bertz CT molecular complexity index is 613. The monoisotopic (exact) mass is 335 g/mol. The largest absolute Gasteiger partial charge is 0.338 e. The van der Waals surface area contributed by atoms with Gasteiger partial charge in [-0.1, -0.05) is 46.1 Å². The van der Waals surface area contributed by atoms with E-state index in [2.05, 4.69) is 33.0 Å². The first-order valence-corrected chi connectivity index (χ1v) is 7.74. The number of rotatable bonds is 2. The molecule has 0 amide bonds. The van der Waals surface area contributed by atoms with E-state index in [0.29, 0.717) is 11.7 Å². The van der Waals surface area contributed by atoms with Crippen LogP contribution in [-0.2, 0) is 5.41 Å². The first-order valence-electron chi connectivity index (χ1n) is 6.95. The van der Waals surface area contributed by atoms with E-state index in [4.69, 9.17) is 10.3 Å². The SMILES string of the molecule is CC1(c2nc(-c3cccc(Br)c3)no2)CCCCC1N. The lowest BCUT2D eigenvalue weighted by Crippen LogP contribution is -2.45. The zero-order valence-corrected chi connectivity index (χ0v) is 13.1. The summed E-state index contributed by atoms with van der Waals surface area (Å²) in [5.41, 5.74) is 7.03. The average molecular weight is 336 g/mol. The highest BCUT2D eigenvalue weighted by Gasteiger charge is 2.40. The van der Waals surface area contributed by atoms with Gasteiger partial charge in [-0.25, -0.2) is 0 Å². The van der Waals surface area contributed by atoms with Gasteiger partial charge < -0.3 is 10.3 Å². The normalized spacial score (nSPS) is 26.6. The van der Waals surface area contributed by atoms with Crippen LogP contribution in [0.25, 0.3) is 11.4 Å². The Morgan fingerprint density at radius 1 is 1.40 bits per heavy atom. The lowest BCUT2D eigenvalue weighted by molar-refractivity contribution is 0.203. The first kappa shape index (κ1) is 13.8. The highest BCUT2D eigenvalue weighted by molar-refractivity contribution is 9.10. The van der Waals surface area contributed by atoms with Crippen LogP contribution in [0.15, 0.2) is 33.3 Å². The van der Waals surface area contributed by atoms with Crippen LogP contribution >= 0.6 is 15.9 Å². The van der Waals surface area contributed by atoms with Crippen molar-refractivity contribution in [3.8, 4) is 11.4 Å². The summed E-state index contributed by atoms with van der Waals surface area (Å²) in [6, 6.07) is 7.99. The molecule has 2 unspecified atom stereocenters. The van der Waals surface area contributed by atoms with Crippen molar-refractivity contribution in [2.24, 2.45) is 5.73 Å². The van der Waals surface area contributed by atoms with Gasteiger partial charge in [0.05, 0.1) is 5.41 Å². The van der Waals surface area contributed by atoms with Crippen molar-refractivity contribution in [1.29, 1.82) is 0 Å². The van der Waals surface area contributed by atoms with Gasteiger partial charge in [-0.3, -0.25) is 0 Å². The molecule has 5 heteroatoms. The Labute approximate surface area is 126 Å². The molecule has 4 nitrogen and oxygen atoms in total. The Balaban J connectivity index is 1.94. The van der Waals surface area contributed by atoms with Crippen LogP contribution < -0.4 is 5.73 Å². The van der Waals surface area contributed by atoms with E-state index in [1.807, 2.05) is 24.3 Å². The summed E-state index contributed by atoms with van der Waals surface area (Å²) in [6.07, 6.45) is 4.38. The van der Waals surface area contributed by atoms with Crippen LogP contribution in [0.5, 0.6) is 0 Å². The van der Waals surface area contributed by atoms with Gasteiger partial charge in [0.15, 0.2) is 0 Å². The minimum atomic E-state index is -0.199. The van der Waals surface area contributed by atoms with E-state index < -0.39 is 0 Å². The van der Waals surface area contributed by atoms with Crippen LogP contribution in [0.3, 0.4) is 0 Å². The fourth-order valence-corrected chi connectivity index (χ4v) is 3.23. The van der Waals surface area contributed by atoms with Gasteiger partial charge in [0.1, 0.15) is 0 Å². The predicted octanol–water partition coefficient (Wildman–Crippen LogP) is 3.66. The number of hydrogen-bond donors (Lipinski definition) is 1. The maximum atomic E-state index is 6.28. The third kappa shape index (κ3) is 2.40. The highest BCUT2D eigenvalue weighted by Crippen LogP contribution is 2.38. The maximum absolute atomic E-state index is 6.28. The minimum Gasteiger partial charge on any atom is -0.338 e. The van der Waals surface area contributed by atoms with Gasteiger partial charge in [-0.2, -0.15) is 4.98 Å². The molecule has 0 radical (unpaired) electrons. The molecule has 106 valence electrons. The molecule has 1 saturated carbocycles. The highest BCUT2D eigenvalue weighted by atomic mass is 79.9. The standard InChI is InChI=1S/C15H18BrN3O/c1-15(8-3-2-7-12(15)17)14-18-13(19-20-14)10-5-4-6-11(16)9-10/h4-6,9,12H,2-3,7-8,17H2,1H3. The van der Waals surface area contributed by atoms with Crippen LogP contribution in [0.1, 0.15) is 38.5 Å². The number of nitrogens with two attached hydrogens (primary N) is 1. The number of aromatic nitrogens is 2. The molecule has 20 heavy (non-hydrogen) atoms. The van der Waals surface area contributed by atoms with Gasteiger partial charge in [-0.15, -0.1) is 0 Å². The van der Waals surface area contributed by atoms with Crippen LogP contribution in [-0.4, -0.2) is 16.2 Å². The van der Waals surface area contributed by atoms with Crippen molar-refractivity contribution in [3.63, 3.8) is 0 Å². The van der Waals surface area contributed by atoms with Crippen molar-refractivity contribution in [2.75, 3.05) is 0 Å². The third-order valence-corrected chi connectivity index (χ3v) is 4.77. The Kier molecular flexibility index (Phi) is 3.65. The second-order valence-electron chi connectivity index (χ2n) is 5.70. The van der Waals surface area contributed by atoms with Gasteiger partial charge >= 0.3 is 0 Å². The molecule has 1 fully saturated rings. The second kappa shape index (κ2) is 5.30. The molecule has 1 aromatic carbocycles. The fraction of sp³-hybridized carbons (Fsp3) is 0.467. The van der Waals surface area contributed by atoms with E-state index in [-0.39, 0.29) is 11.5 Å². The molecule has 1 heterocycles. The zero-order valence-electron chi connectivity index (χ0n) is 11.5. The van der Waals surface area contributed by atoms with E-state index >= 15 is 0 Å². The average Bonchev–Trinajstić information content (AvgIpc) is 2.93. The maximum Gasteiger partial charge on any atom is 0.234 e. The van der Waals surface area contributed by atoms with E-state index in [0.717, 1.165) is 22.9 Å². The lowest BCUT2D eigenvalue weighted by atomic mass is 9.72.